The quantitative estimate of drug-likeness (QED) is 0.667. The molecule has 106 valence electrons. The normalized spacial score (nSPS) is 12.2. The summed E-state index contributed by atoms with van der Waals surface area (Å²) in [6, 6.07) is 0.411. The first-order chi connectivity index (χ1) is 9.61. The van der Waals surface area contributed by atoms with E-state index in [1.807, 2.05) is 0 Å². The van der Waals surface area contributed by atoms with Crippen molar-refractivity contribution in [3.05, 3.63) is 27.6 Å². The third kappa shape index (κ3) is 3.33. The van der Waals surface area contributed by atoms with Crippen LogP contribution in [0.25, 0.3) is 4.96 Å². The topological polar surface area (TPSA) is 114 Å². The van der Waals surface area contributed by atoms with Crippen molar-refractivity contribution in [2.24, 2.45) is 0 Å². The summed E-state index contributed by atoms with van der Waals surface area (Å²) in [6.45, 7) is 0. The van der Waals surface area contributed by atoms with Gasteiger partial charge in [0.2, 0.25) is 11.4 Å². The Morgan fingerprint density at radius 3 is 3.15 bits per heavy atom. The van der Waals surface area contributed by atoms with Crippen molar-refractivity contribution >= 4 is 40.4 Å². The SMILES string of the molecule is O=CNC(CSCc1cc(=O)n2ncsc2n1)C(=O)O. The molecule has 8 nitrogen and oxygen atoms in total. The van der Waals surface area contributed by atoms with Crippen LogP contribution in [0.3, 0.4) is 0 Å². The number of nitrogens with one attached hydrogen (secondary N) is 1. The number of carboxylic acids is 1. The van der Waals surface area contributed by atoms with E-state index in [9.17, 15) is 14.4 Å². The highest BCUT2D eigenvalue weighted by Gasteiger charge is 2.16. The molecule has 1 unspecified atom stereocenters. The van der Waals surface area contributed by atoms with E-state index in [1.165, 1.54) is 39.2 Å². The Morgan fingerprint density at radius 1 is 1.65 bits per heavy atom. The second kappa shape index (κ2) is 6.48. The number of nitrogens with zero attached hydrogens (tertiary/aromatic N) is 3. The lowest BCUT2D eigenvalue weighted by atomic mass is 10.3. The van der Waals surface area contributed by atoms with E-state index < -0.39 is 12.0 Å². The van der Waals surface area contributed by atoms with E-state index >= 15 is 0 Å². The van der Waals surface area contributed by atoms with Gasteiger partial charge in [0.25, 0.3) is 5.56 Å². The van der Waals surface area contributed by atoms with Gasteiger partial charge in [-0.15, -0.1) is 0 Å². The lowest BCUT2D eigenvalue weighted by molar-refractivity contribution is -0.139. The molecule has 0 aliphatic carbocycles. The molecule has 0 spiro atoms. The van der Waals surface area contributed by atoms with Crippen LogP contribution in [-0.4, -0.2) is 43.9 Å². The first kappa shape index (κ1) is 14.5. The van der Waals surface area contributed by atoms with E-state index in [4.69, 9.17) is 5.11 Å². The van der Waals surface area contributed by atoms with Crippen LogP contribution in [0.4, 0.5) is 0 Å². The highest BCUT2D eigenvalue weighted by Crippen LogP contribution is 2.12. The highest BCUT2D eigenvalue weighted by atomic mass is 32.2. The summed E-state index contributed by atoms with van der Waals surface area (Å²) < 4.78 is 1.20. The van der Waals surface area contributed by atoms with E-state index in [0.717, 1.165) is 0 Å². The zero-order chi connectivity index (χ0) is 14.5. The fraction of sp³-hybridized carbons (Fsp3) is 0.300. The Bertz CT molecular complexity index is 683. The predicted octanol–water partition coefficient (Wildman–Crippen LogP) is -0.417. The standard InChI is InChI=1S/C10H10N4O4S2/c15-4-11-7(9(17)18)3-19-2-6-1-8(16)14-10(13-6)20-5-12-14/h1,4-5,7H,2-3H2,(H,11,15)(H,17,18). The third-order valence-corrected chi connectivity index (χ3v) is 4.09. The molecule has 0 aromatic carbocycles. The molecule has 0 bridgehead atoms. The summed E-state index contributed by atoms with van der Waals surface area (Å²) in [7, 11) is 0. The first-order valence-electron chi connectivity index (χ1n) is 5.44. The molecule has 2 heterocycles. The minimum atomic E-state index is -1.10. The number of aliphatic carboxylic acids is 1. The van der Waals surface area contributed by atoms with Gasteiger partial charge in [-0.25, -0.2) is 9.78 Å². The Kier molecular flexibility index (Phi) is 4.69. The predicted molar refractivity (Wildman–Crippen MR) is 73.9 cm³/mol. The number of thioether (sulfide) groups is 1. The summed E-state index contributed by atoms with van der Waals surface area (Å²) in [5.41, 5.74) is 1.81. The average molecular weight is 314 g/mol. The van der Waals surface area contributed by atoms with Crippen LogP contribution < -0.4 is 10.9 Å². The van der Waals surface area contributed by atoms with Crippen molar-refractivity contribution in [2.45, 2.75) is 11.8 Å². The van der Waals surface area contributed by atoms with Crippen LogP contribution in [0.2, 0.25) is 0 Å². The Labute approximate surface area is 120 Å². The fourth-order valence-electron chi connectivity index (χ4n) is 1.43. The number of rotatable bonds is 7. The van der Waals surface area contributed by atoms with E-state index in [0.29, 0.717) is 22.8 Å². The fourth-order valence-corrected chi connectivity index (χ4v) is 3.02. The van der Waals surface area contributed by atoms with Crippen LogP contribution in [-0.2, 0) is 15.3 Å². The van der Waals surface area contributed by atoms with Gasteiger partial charge in [0.1, 0.15) is 11.6 Å². The van der Waals surface area contributed by atoms with Gasteiger partial charge in [-0.1, -0.05) is 11.3 Å². The summed E-state index contributed by atoms with van der Waals surface area (Å²) >= 11 is 2.52. The molecule has 0 radical (unpaired) electrons. The van der Waals surface area contributed by atoms with Gasteiger partial charge in [-0.2, -0.15) is 21.4 Å². The molecule has 1 atom stereocenters. The molecule has 20 heavy (non-hydrogen) atoms. The number of hydrogen-bond donors (Lipinski definition) is 2. The largest absolute Gasteiger partial charge is 0.480 e. The van der Waals surface area contributed by atoms with Gasteiger partial charge in [-0.05, 0) is 0 Å². The van der Waals surface area contributed by atoms with Crippen LogP contribution >= 0.6 is 23.1 Å². The molecule has 0 saturated heterocycles. The zero-order valence-electron chi connectivity index (χ0n) is 10.1. The zero-order valence-corrected chi connectivity index (χ0v) is 11.7. The average Bonchev–Trinajstić information content (AvgIpc) is 2.86. The lowest BCUT2D eigenvalue weighted by Crippen LogP contribution is -2.37. The Hall–Kier alpha value is -1.94. The van der Waals surface area contributed by atoms with Crippen molar-refractivity contribution in [3.8, 4) is 0 Å². The maximum atomic E-state index is 11.7. The molecule has 1 amide bonds. The number of fused-ring (bicyclic) bond motifs is 1. The number of amides is 1. The Balaban J connectivity index is 2.00. The molecular weight excluding hydrogens is 304 g/mol. The van der Waals surface area contributed by atoms with Crippen LogP contribution in [0.15, 0.2) is 16.4 Å². The van der Waals surface area contributed by atoms with E-state index in [-0.39, 0.29) is 11.3 Å². The second-order valence-corrected chi connectivity index (χ2v) is 5.55. The monoisotopic (exact) mass is 314 g/mol. The minimum absolute atomic E-state index is 0.192. The van der Waals surface area contributed by atoms with E-state index in [2.05, 4.69) is 15.4 Å². The first-order valence-corrected chi connectivity index (χ1v) is 7.48. The van der Waals surface area contributed by atoms with Gasteiger partial charge in [0, 0.05) is 17.6 Å². The summed E-state index contributed by atoms with van der Waals surface area (Å²) in [5.74, 6) is -0.526. The summed E-state index contributed by atoms with van der Waals surface area (Å²) in [4.78, 5) is 37.5. The molecule has 0 saturated carbocycles. The number of carbonyl (C=O) groups is 2. The third-order valence-electron chi connectivity index (χ3n) is 2.34. The summed E-state index contributed by atoms with van der Waals surface area (Å²) in [6.07, 6.45) is 0.355. The number of hydrogen-bond acceptors (Lipinski definition) is 7. The lowest BCUT2D eigenvalue weighted by Gasteiger charge is -2.09. The molecule has 0 aliphatic heterocycles. The number of aromatic nitrogens is 3. The number of carbonyl (C=O) groups excluding carboxylic acids is 1. The van der Waals surface area contributed by atoms with E-state index in [1.54, 1.807) is 0 Å². The van der Waals surface area contributed by atoms with Crippen molar-refractivity contribution in [1.82, 2.24) is 19.9 Å². The van der Waals surface area contributed by atoms with Crippen molar-refractivity contribution in [2.75, 3.05) is 5.75 Å². The van der Waals surface area contributed by atoms with Crippen molar-refractivity contribution in [3.63, 3.8) is 0 Å². The molecule has 2 aromatic heterocycles. The molecule has 0 aliphatic rings. The van der Waals surface area contributed by atoms with Gasteiger partial charge in [0.15, 0.2) is 0 Å². The van der Waals surface area contributed by atoms with Gasteiger partial charge < -0.3 is 10.4 Å². The van der Waals surface area contributed by atoms with Gasteiger partial charge in [0.05, 0.1) is 5.69 Å². The molecular formula is C10H10N4O4S2. The molecule has 10 heteroatoms. The van der Waals surface area contributed by atoms with Gasteiger partial charge in [-0.3, -0.25) is 9.59 Å². The minimum Gasteiger partial charge on any atom is -0.480 e. The van der Waals surface area contributed by atoms with Crippen molar-refractivity contribution in [1.29, 1.82) is 0 Å². The van der Waals surface area contributed by atoms with Crippen LogP contribution in [0, 0.1) is 0 Å². The van der Waals surface area contributed by atoms with Crippen LogP contribution in [0.5, 0.6) is 0 Å². The highest BCUT2D eigenvalue weighted by molar-refractivity contribution is 7.98. The maximum absolute atomic E-state index is 11.7. The summed E-state index contributed by atoms with van der Waals surface area (Å²) in [5, 5.41) is 14.9. The van der Waals surface area contributed by atoms with Gasteiger partial charge >= 0.3 is 5.97 Å². The second-order valence-electron chi connectivity index (χ2n) is 3.71. The molecule has 0 fully saturated rings. The molecule has 2 aromatic rings. The molecule has 2 rings (SSSR count). The van der Waals surface area contributed by atoms with Crippen molar-refractivity contribution < 1.29 is 14.7 Å². The Morgan fingerprint density at radius 2 is 2.45 bits per heavy atom. The number of carboxylic acid groups (broad SMARTS) is 1. The smallest absolute Gasteiger partial charge is 0.327 e. The maximum Gasteiger partial charge on any atom is 0.327 e. The van der Waals surface area contributed by atoms with Crippen LogP contribution in [0.1, 0.15) is 5.69 Å². The molecule has 2 N–H and O–H groups in total.